The SMILES string of the molecule is CC(C)(C)c1ccc(=O)n(CC2CN(C(=O)c3ccccc3C(F)(F)F)C2)n1. The summed E-state index contributed by atoms with van der Waals surface area (Å²) in [4.78, 5) is 25.9. The maximum atomic E-state index is 13.1. The van der Waals surface area contributed by atoms with Crippen LogP contribution in [0.2, 0.25) is 0 Å². The summed E-state index contributed by atoms with van der Waals surface area (Å²) in [6.07, 6.45) is -4.58. The number of amides is 1. The van der Waals surface area contributed by atoms with Gasteiger partial charge in [-0.3, -0.25) is 9.59 Å². The highest BCUT2D eigenvalue weighted by Crippen LogP contribution is 2.33. The molecule has 0 spiro atoms. The molecule has 1 aromatic heterocycles. The van der Waals surface area contributed by atoms with Gasteiger partial charge in [0.05, 0.1) is 23.4 Å². The van der Waals surface area contributed by atoms with Crippen LogP contribution < -0.4 is 5.56 Å². The quantitative estimate of drug-likeness (QED) is 0.804. The monoisotopic (exact) mass is 393 g/mol. The van der Waals surface area contributed by atoms with Crippen LogP contribution in [0.1, 0.15) is 42.4 Å². The van der Waals surface area contributed by atoms with Gasteiger partial charge in [-0.25, -0.2) is 4.68 Å². The number of hydrogen-bond donors (Lipinski definition) is 0. The first-order chi connectivity index (χ1) is 13.0. The lowest BCUT2D eigenvalue weighted by Crippen LogP contribution is -2.52. The molecule has 1 aliphatic heterocycles. The Bertz CT molecular complexity index is 939. The van der Waals surface area contributed by atoms with Crippen molar-refractivity contribution in [3.05, 3.63) is 63.6 Å². The van der Waals surface area contributed by atoms with Gasteiger partial charge in [0.2, 0.25) is 0 Å². The summed E-state index contributed by atoms with van der Waals surface area (Å²) in [5, 5.41) is 4.39. The lowest BCUT2D eigenvalue weighted by atomic mass is 9.92. The molecular formula is C20H22F3N3O2. The molecule has 0 unspecified atom stereocenters. The van der Waals surface area contributed by atoms with Crippen molar-refractivity contribution in [3.63, 3.8) is 0 Å². The Hall–Kier alpha value is -2.64. The van der Waals surface area contributed by atoms with Gasteiger partial charge in [-0.2, -0.15) is 18.3 Å². The molecule has 2 heterocycles. The second kappa shape index (κ2) is 7.07. The minimum Gasteiger partial charge on any atom is -0.338 e. The lowest BCUT2D eigenvalue weighted by Gasteiger charge is -2.39. The van der Waals surface area contributed by atoms with Gasteiger partial charge in [-0.15, -0.1) is 0 Å². The molecule has 5 nitrogen and oxygen atoms in total. The van der Waals surface area contributed by atoms with Crippen molar-refractivity contribution in [1.29, 1.82) is 0 Å². The molecule has 28 heavy (non-hydrogen) atoms. The van der Waals surface area contributed by atoms with Gasteiger partial charge in [-0.05, 0) is 18.2 Å². The average Bonchev–Trinajstić information content (AvgIpc) is 2.57. The molecule has 0 atom stereocenters. The molecule has 0 bridgehead atoms. The number of rotatable bonds is 3. The van der Waals surface area contributed by atoms with E-state index >= 15 is 0 Å². The van der Waals surface area contributed by atoms with Crippen LogP contribution in [0.3, 0.4) is 0 Å². The predicted molar refractivity (Wildman–Crippen MR) is 98.0 cm³/mol. The van der Waals surface area contributed by atoms with Crippen LogP contribution in [-0.2, 0) is 18.1 Å². The largest absolute Gasteiger partial charge is 0.417 e. The van der Waals surface area contributed by atoms with Crippen LogP contribution in [0, 0.1) is 5.92 Å². The Labute approximate surface area is 160 Å². The number of carbonyl (C=O) groups excluding carboxylic acids is 1. The van der Waals surface area contributed by atoms with E-state index in [0.717, 1.165) is 11.8 Å². The average molecular weight is 393 g/mol. The zero-order valence-electron chi connectivity index (χ0n) is 16.0. The third-order valence-corrected chi connectivity index (χ3v) is 4.77. The summed E-state index contributed by atoms with van der Waals surface area (Å²) >= 11 is 0. The van der Waals surface area contributed by atoms with E-state index in [-0.39, 0.29) is 22.5 Å². The van der Waals surface area contributed by atoms with Crippen molar-refractivity contribution in [1.82, 2.24) is 14.7 Å². The molecule has 2 aromatic rings. The topological polar surface area (TPSA) is 55.2 Å². The molecular weight excluding hydrogens is 371 g/mol. The zero-order valence-corrected chi connectivity index (χ0v) is 16.0. The molecule has 0 saturated carbocycles. The second-order valence-corrected chi connectivity index (χ2v) is 8.11. The third-order valence-electron chi connectivity index (χ3n) is 4.77. The number of hydrogen-bond acceptors (Lipinski definition) is 3. The van der Waals surface area contributed by atoms with Crippen molar-refractivity contribution in [3.8, 4) is 0 Å². The summed E-state index contributed by atoms with van der Waals surface area (Å²) in [6, 6.07) is 7.95. The zero-order chi connectivity index (χ0) is 20.7. The molecule has 8 heteroatoms. The Kier molecular flexibility index (Phi) is 5.08. The van der Waals surface area contributed by atoms with Crippen molar-refractivity contribution in [2.24, 2.45) is 5.92 Å². The highest BCUT2D eigenvalue weighted by atomic mass is 19.4. The molecule has 1 saturated heterocycles. The highest BCUT2D eigenvalue weighted by molar-refractivity contribution is 5.96. The number of aromatic nitrogens is 2. The molecule has 150 valence electrons. The van der Waals surface area contributed by atoms with Gasteiger partial charge >= 0.3 is 6.18 Å². The van der Waals surface area contributed by atoms with E-state index in [4.69, 9.17) is 0 Å². The van der Waals surface area contributed by atoms with E-state index < -0.39 is 17.6 Å². The minimum atomic E-state index is -4.58. The number of likely N-dealkylation sites (tertiary alicyclic amines) is 1. The molecule has 1 fully saturated rings. The number of benzene rings is 1. The smallest absolute Gasteiger partial charge is 0.338 e. The van der Waals surface area contributed by atoms with Crippen LogP contribution in [0.15, 0.2) is 41.2 Å². The van der Waals surface area contributed by atoms with E-state index in [1.54, 1.807) is 6.07 Å². The molecule has 1 aromatic carbocycles. The van der Waals surface area contributed by atoms with Crippen molar-refractivity contribution in [2.45, 2.75) is 38.9 Å². The van der Waals surface area contributed by atoms with E-state index in [1.165, 1.54) is 33.8 Å². The molecule has 0 N–H and O–H groups in total. The van der Waals surface area contributed by atoms with Crippen molar-refractivity contribution >= 4 is 5.91 Å². The van der Waals surface area contributed by atoms with Gasteiger partial charge in [-0.1, -0.05) is 32.9 Å². The van der Waals surface area contributed by atoms with Crippen LogP contribution >= 0.6 is 0 Å². The highest BCUT2D eigenvalue weighted by Gasteiger charge is 2.38. The fourth-order valence-corrected chi connectivity index (χ4v) is 3.16. The maximum absolute atomic E-state index is 13.1. The van der Waals surface area contributed by atoms with E-state index in [9.17, 15) is 22.8 Å². The van der Waals surface area contributed by atoms with Crippen LogP contribution in [-0.4, -0.2) is 33.7 Å². The summed E-state index contributed by atoms with van der Waals surface area (Å²) in [7, 11) is 0. The fourth-order valence-electron chi connectivity index (χ4n) is 3.16. The number of halogens is 3. The lowest BCUT2D eigenvalue weighted by molar-refractivity contribution is -0.138. The van der Waals surface area contributed by atoms with E-state index in [2.05, 4.69) is 5.10 Å². The molecule has 1 amide bonds. The van der Waals surface area contributed by atoms with Crippen LogP contribution in [0.4, 0.5) is 13.2 Å². The Morgan fingerprint density at radius 2 is 1.75 bits per heavy atom. The van der Waals surface area contributed by atoms with E-state index in [1.807, 2.05) is 20.8 Å². The minimum absolute atomic E-state index is 0.0255. The molecule has 0 aliphatic carbocycles. The predicted octanol–water partition coefficient (Wildman–Crippen LogP) is 3.33. The van der Waals surface area contributed by atoms with Gasteiger partial charge in [0.25, 0.3) is 11.5 Å². The van der Waals surface area contributed by atoms with Gasteiger partial charge in [0.1, 0.15) is 0 Å². The molecule has 1 aliphatic rings. The number of nitrogens with zero attached hydrogens (tertiary/aromatic N) is 3. The van der Waals surface area contributed by atoms with Crippen LogP contribution in [0.5, 0.6) is 0 Å². The number of carbonyl (C=O) groups is 1. The van der Waals surface area contributed by atoms with Crippen LogP contribution in [0.25, 0.3) is 0 Å². The Morgan fingerprint density at radius 3 is 2.36 bits per heavy atom. The fraction of sp³-hybridized carbons (Fsp3) is 0.450. The normalized spacial score (nSPS) is 15.4. The van der Waals surface area contributed by atoms with Gasteiger partial charge < -0.3 is 4.90 Å². The van der Waals surface area contributed by atoms with Crippen molar-refractivity contribution in [2.75, 3.05) is 13.1 Å². The number of alkyl halides is 3. The standard InChI is InChI=1S/C20H22F3N3O2/c1-19(2,3)16-8-9-17(27)26(24-16)12-13-10-25(11-13)18(28)14-6-4-5-7-15(14)20(21,22)23/h4-9,13H,10-12H2,1-3H3. The molecule has 0 radical (unpaired) electrons. The second-order valence-electron chi connectivity index (χ2n) is 8.11. The summed E-state index contributed by atoms with van der Waals surface area (Å²) < 4.78 is 40.7. The van der Waals surface area contributed by atoms with Gasteiger partial charge in [0.15, 0.2) is 0 Å². The first-order valence-corrected chi connectivity index (χ1v) is 9.01. The van der Waals surface area contributed by atoms with Gasteiger partial charge in [0, 0.05) is 30.5 Å². The summed E-state index contributed by atoms with van der Waals surface area (Å²) in [6.45, 7) is 6.88. The summed E-state index contributed by atoms with van der Waals surface area (Å²) in [5.74, 6) is -0.671. The first-order valence-electron chi connectivity index (χ1n) is 9.01. The maximum Gasteiger partial charge on any atom is 0.417 e. The van der Waals surface area contributed by atoms with Crippen molar-refractivity contribution < 1.29 is 18.0 Å². The Balaban J connectivity index is 1.69. The summed E-state index contributed by atoms with van der Waals surface area (Å²) in [5.41, 5.74) is -0.949. The molecule has 3 rings (SSSR count). The van der Waals surface area contributed by atoms with E-state index in [0.29, 0.717) is 19.6 Å². The first kappa shape index (κ1) is 20.1. The third kappa shape index (κ3) is 4.10. The Morgan fingerprint density at radius 1 is 1.11 bits per heavy atom.